The van der Waals surface area contributed by atoms with Gasteiger partial charge in [-0.2, -0.15) is 0 Å². The van der Waals surface area contributed by atoms with Crippen molar-refractivity contribution in [2.75, 3.05) is 20.1 Å². The van der Waals surface area contributed by atoms with Gasteiger partial charge >= 0.3 is 0 Å². The van der Waals surface area contributed by atoms with E-state index in [0.717, 1.165) is 0 Å². The first-order chi connectivity index (χ1) is 8.28. The standard InChI is InChI=1S/C13H18Cl2N2O/c1-13(2,7-16)8-17(3)12(18)9-5-4-6-10(14)11(9)15/h4-6H,7-8,16H2,1-3H3. The Morgan fingerprint density at radius 3 is 2.56 bits per heavy atom. The number of hydrogen-bond acceptors (Lipinski definition) is 2. The van der Waals surface area contributed by atoms with Gasteiger partial charge in [0.1, 0.15) is 0 Å². The lowest BCUT2D eigenvalue weighted by Gasteiger charge is -2.29. The number of amides is 1. The van der Waals surface area contributed by atoms with Crippen molar-refractivity contribution in [2.45, 2.75) is 13.8 Å². The van der Waals surface area contributed by atoms with E-state index in [4.69, 9.17) is 28.9 Å². The van der Waals surface area contributed by atoms with Crippen molar-refractivity contribution in [1.29, 1.82) is 0 Å². The average molecular weight is 289 g/mol. The van der Waals surface area contributed by atoms with Crippen molar-refractivity contribution in [3.05, 3.63) is 33.8 Å². The van der Waals surface area contributed by atoms with Crippen molar-refractivity contribution < 1.29 is 4.79 Å². The molecule has 3 nitrogen and oxygen atoms in total. The number of benzene rings is 1. The summed E-state index contributed by atoms with van der Waals surface area (Å²) >= 11 is 11.9. The largest absolute Gasteiger partial charge is 0.341 e. The number of rotatable bonds is 4. The fraction of sp³-hybridized carbons (Fsp3) is 0.462. The topological polar surface area (TPSA) is 46.3 Å². The minimum atomic E-state index is -0.149. The van der Waals surface area contributed by atoms with E-state index in [1.807, 2.05) is 13.8 Å². The molecule has 1 aromatic rings. The summed E-state index contributed by atoms with van der Waals surface area (Å²) in [5.41, 5.74) is 5.95. The summed E-state index contributed by atoms with van der Waals surface area (Å²) in [4.78, 5) is 13.9. The van der Waals surface area contributed by atoms with E-state index >= 15 is 0 Å². The highest BCUT2D eigenvalue weighted by Gasteiger charge is 2.23. The van der Waals surface area contributed by atoms with Crippen LogP contribution >= 0.6 is 23.2 Å². The lowest BCUT2D eigenvalue weighted by atomic mass is 9.93. The average Bonchev–Trinajstić information content (AvgIpc) is 2.31. The lowest BCUT2D eigenvalue weighted by Crippen LogP contribution is -2.39. The fourth-order valence-corrected chi connectivity index (χ4v) is 2.03. The van der Waals surface area contributed by atoms with E-state index in [-0.39, 0.29) is 11.3 Å². The summed E-state index contributed by atoms with van der Waals surface area (Å²) in [6.45, 7) is 5.09. The molecule has 0 aliphatic rings. The maximum atomic E-state index is 12.3. The Kier molecular flexibility index (Phi) is 5.02. The van der Waals surface area contributed by atoms with Gasteiger partial charge in [0.15, 0.2) is 0 Å². The van der Waals surface area contributed by atoms with Crippen molar-refractivity contribution in [3.63, 3.8) is 0 Å². The maximum Gasteiger partial charge on any atom is 0.255 e. The summed E-state index contributed by atoms with van der Waals surface area (Å²) < 4.78 is 0. The minimum absolute atomic E-state index is 0.130. The molecule has 0 heterocycles. The van der Waals surface area contributed by atoms with Gasteiger partial charge in [-0.05, 0) is 24.1 Å². The molecule has 0 unspecified atom stereocenters. The van der Waals surface area contributed by atoms with Crippen LogP contribution in [0, 0.1) is 5.41 Å². The summed E-state index contributed by atoms with van der Waals surface area (Å²) in [5.74, 6) is -0.149. The van der Waals surface area contributed by atoms with Crippen LogP contribution in [0.5, 0.6) is 0 Å². The Morgan fingerprint density at radius 2 is 2.00 bits per heavy atom. The molecular weight excluding hydrogens is 271 g/mol. The van der Waals surface area contributed by atoms with Crippen LogP contribution in [0.25, 0.3) is 0 Å². The second kappa shape index (κ2) is 5.91. The molecule has 1 aromatic carbocycles. The van der Waals surface area contributed by atoms with Gasteiger partial charge in [-0.3, -0.25) is 4.79 Å². The summed E-state index contributed by atoms with van der Waals surface area (Å²) in [6.07, 6.45) is 0. The van der Waals surface area contributed by atoms with E-state index in [0.29, 0.717) is 28.7 Å². The Morgan fingerprint density at radius 1 is 1.39 bits per heavy atom. The first-order valence-electron chi connectivity index (χ1n) is 5.68. The van der Waals surface area contributed by atoms with Crippen molar-refractivity contribution in [3.8, 4) is 0 Å². The van der Waals surface area contributed by atoms with Crippen LogP contribution in [0.3, 0.4) is 0 Å². The molecule has 0 saturated heterocycles. The third kappa shape index (κ3) is 3.61. The predicted octanol–water partition coefficient (Wildman–Crippen LogP) is 3.05. The van der Waals surface area contributed by atoms with E-state index in [9.17, 15) is 4.79 Å². The highest BCUT2D eigenvalue weighted by atomic mass is 35.5. The van der Waals surface area contributed by atoms with E-state index in [1.165, 1.54) is 0 Å². The van der Waals surface area contributed by atoms with Crippen LogP contribution in [-0.4, -0.2) is 30.9 Å². The molecule has 0 fully saturated rings. The molecule has 2 N–H and O–H groups in total. The normalized spacial score (nSPS) is 11.4. The zero-order valence-corrected chi connectivity index (χ0v) is 12.3. The highest BCUT2D eigenvalue weighted by Crippen LogP contribution is 2.27. The quantitative estimate of drug-likeness (QED) is 0.926. The van der Waals surface area contributed by atoms with E-state index in [1.54, 1.807) is 30.1 Å². The first-order valence-corrected chi connectivity index (χ1v) is 6.43. The third-order valence-electron chi connectivity index (χ3n) is 2.75. The summed E-state index contributed by atoms with van der Waals surface area (Å²) in [7, 11) is 1.73. The van der Waals surface area contributed by atoms with Crippen LogP contribution in [0.15, 0.2) is 18.2 Å². The molecule has 18 heavy (non-hydrogen) atoms. The van der Waals surface area contributed by atoms with Crippen LogP contribution in [0.4, 0.5) is 0 Å². The number of halogens is 2. The van der Waals surface area contributed by atoms with Crippen molar-refractivity contribution in [1.82, 2.24) is 4.90 Å². The molecule has 0 radical (unpaired) electrons. The summed E-state index contributed by atoms with van der Waals surface area (Å²) in [6, 6.07) is 5.04. The van der Waals surface area contributed by atoms with Gasteiger partial charge in [0, 0.05) is 13.6 Å². The van der Waals surface area contributed by atoms with Crippen molar-refractivity contribution >= 4 is 29.1 Å². The number of nitrogens with two attached hydrogens (primary N) is 1. The van der Waals surface area contributed by atoms with Gasteiger partial charge in [0.05, 0.1) is 15.6 Å². The number of nitrogens with zero attached hydrogens (tertiary/aromatic N) is 1. The molecule has 0 aromatic heterocycles. The molecule has 0 spiro atoms. The Balaban J connectivity index is 2.91. The van der Waals surface area contributed by atoms with Gasteiger partial charge in [0.2, 0.25) is 0 Å². The number of carbonyl (C=O) groups is 1. The van der Waals surface area contributed by atoms with Crippen molar-refractivity contribution in [2.24, 2.45) is 11.1 Å². The maximum absolute atomic E-state index is 12.3. The molecule has 0 saturated carbocycles. The second-order valence-corrected chi connectivity index (χ2v) is 5.92. The van der Waals surface area contributed by atoms with E-state index < -0.39 is 0 Å². The monoisotopic (exact) mass is 288 g/mol. The van der Waals surface area contributed by atoms with Gasteiger partial charge in [-0.25, -0.2) is 0 Å². The lowest BCUT2D eigenvalue weighted by molar-refractivity contribution is 0.0741. The second-order valence-electron chi connectivity index (χ2n) is 5.13. The molecular formula is C13H18Cl2N2O. The van der Waals surface area contributed by atoms with Crippen LogP contribution in [0.2, 0.25) is 10.0 Å². The molecule has 0 bridgehead atoms. The van der Waals surface area contributed by atoms with Crippen LogP contribution in [-0.2, 0) is 0 Å². The summed E-state index contributed by atoms with van der Waals surface area (Å²) in [5, 5.41) is 0.676. The van der Waals surface area contributed by atoms with Crippen LogP contribution < -0.4 is 5.73 Å². The first kappa shape index (κ1) is 15.3. The molecule has 0 aliphatic heterocycles. The zero-order chi connectivity index (χ0) is 13.9. The highest BCUT2D eigenvalue weighted by molar-refractivity contribution is 6.43. The smallest absolute Gasteiger partial charge is 0.255 e. The predicted molar refractivity (Wildman–Crippen MR) is 76.3 cm³/mol. The van der Waals surface area contributed by atoms with Gasteiger partial charge < -0.3 is 10.6 Å². The van der Waals surface area contributed by atoms with E-state index in [2.05, 4.69) is 0 Å². The zero-order valence-electron chi connectivity index (χ0n) is 10.8. The Labute approximate surface area is 118 Å². The third-order valence-corrected chi connectivity index (χ3v) is 3.57. The fourth-order valence-electron chi connectivity index (χ4n) is 1.65. The van der Waals surface area contributed by atoms with Gasteiger partial charge in [-0.1, -0.05) is 43.1 Å². The Bertz CT molecular complexity index is 447. The number of hydrogen-bond donors (Lipinski definition) is 1. The van der Waals surface area contributed by atoms with Gasteiger partial charge in [0.25, 0.3) is 5.91 Å². The van der Waals surface area contributed by atoms with Gasteiger partial charge in [-0.15, -0.1) is 0 Å². The minimum Gasteiger partial charge on any atom is -0.341 e. The Hall–Kier alpha value is -0.770. The molecule has 5 heteroatoms. The SMILES string of the molecule is CN(CC(C)(C)CN)C(=O)c1cccc(Cl)c1Cl. The molecule has 0 aliphatic carbocycles. The molecule has 1 rings (SSSR count). The van der Waals surface area contributed by atoms with Crippen LogP contribution in [0.1, 0.15) is 24.2 Å². The molecule has 100 valence electrons. The molecule has 1 amide bonds. The molecule has 0 atom stereocenters. The number of carbonyl (C=O) groups excluding carboxylic acids is 1.